The zero-order valence-corrected chi connectivity index (χ0v) is 11.0. The van der Waals surface area contributed by atoms with Gasteiger partial charge in [-0.3, -0.25) is 0 Å². The van der Waals surface area contributed by atoms with Gasteiger partial charge in [-0.25, -0.2) is 4.79 Å². The van der Waals surface area contributed by atoms with Crippen LogP contribution in [0.2, 0.25) is 0 Å². The van der Waals surface area contributed by atoms with Gasteiger partial charge >= 0.3 is 5.97 Å². The molecule has 1 heterocycles. The van der Waals surface area contributed by atoms with Crippen molar-refractivity contribution < 1.29 is 19.0 Å². The lowest BCUT2D eigenvalue weighted by Crippen LogP contribution is -2.45. The SMILES string of the molecule is CCOC(=O)C(C)O[C@@]12CCCC1(C)CCO2. The monoisotopic (exact) mass is 242 g/mol. The van der Waals surface area contributed by atoms with E-state index < -0.39 is 11.9 Å². The van der Waals surface area contributed by atoms with Crippen molar-refractivity contribution in [3.05, 3.63) is 0 Å². The van der Waals surface area contributed by atoms with E-state index in [-0.39, 0.29) is 11.4 Å². The van der Waals surface area contributed by atoms with E-state index in [0.717, 1.165) is 32.3 Å². The minimum absolute atomic E-state index is 0.0632. The van der Waals surface area contributed by atoms with E-state index in [1.165, 1.54) is 0 Å². The summed E-state index contributed by atoms with van der Waals surface area (Å²) in [6.07, 6.45) is 3.56. The fraction of sp³-hybridized carbons (Fsp3) is 0.923. The van der Waals surface area contributed by atoms with Crippen molar-refractivity contribution in [3.8, 4) is 0 Å². The lowest BCUT2D eigenvalue weighted by Gasteiger charge is -2.37. The van der Waals surface area contributed by atoms with Crippen LogP contribution in [-0.2, 0) is 19.0 Å². The molecule has 4 heteroatoms. The molecule has 2 unspecified atom stereocenters. The summed E-state index contributed by atoms with van der Waals surface area (Å²) in [4.78, 5) is 11.6. The van der Waals surface area contributed by atoms with E-state index in [9.17, 15) is 4.79 Å². The van der Waals surface area contributed by atoms with Crippen LogP contribution in [0.25, 0.3) is 0 Å². The number of ether oxygens (including phenoxy) is 3. The first-order chi connectivity index (χ1) is 8.03. The summed E-state index contributed by atoms with van der Waals surface area (Å²) in [5.74, 6) is -0.856. The minimum Gasteiger partial charge on any atom is -0.464 e. The van der Waals surface area contributed by atoms with Gasteiger partial charge in [-0.2, -0.15) is 0 Å². The van der Waals surface area contributed by atoms with Crippen LogP contribution in [0.5, 0.6) is 0 Å². The molecular weight excluding hydrogens is 220 g/mol. The number of carbonyl (C=O) groups is 1. The molecule has 3 atom stereocenters. The van der Waals surface area contributed by atoms with Crippen LogP contribution in [-0.4, -0.2) is 31.1 Å². The maximum absolute atomic E-state index is 11.6. The zero-order valence-electron chi connectivity index (χ0n) is 11.0. The lowest BCUT2D eigenvalue weighted by molar-refractivity contribution is -0.264. The smallest absolute Gasteiger partial charge is 0.335 e. The molecule has 0 bridgehead atoms. The van der Waals surface area contributed by atoms with E-state index in [1.54, 1.807) is 13.8 Å². The molecule has 2 fully saturated rings. The first kappa shape index (κ1) is 12.8. The van der Waals surface area contributed by atoms with E-state index in [1.807, 2.05) is 0 Å². The molecule has 0 radical (unpaired) electrons. The Labute approximate surface area is 103 Å². The number of hydrogen-bond acceptors (Lipinski definition) is 4. The molecule has 0 aromatic rings. The second kappa shape index (κ2) is 4.58. The van der Waals surface area contributed by atoms with Crippen LogP contribution in [0.3, 0.4) is 0 Å². The minimum atomic E-state index is -0.556. The van der Waals surface area contributed by atoms with Crippen molar-refractivity contribution in [1.82, 2.24) is 0 Å². The summed E-state index contributed by atoms with van der Waals surface area (Å²) < 4.78 is 16.8. The third kappa shape index (κ3) is 2.08. The molecule has 0 aromatic heterocycles. The van der Waals surface area contributed by atoms with Gasteiger partial charge in [-0.1, -0.05) is 6.92 Å². The third-order valence-electron chi connectivity index (χ3n) is 4.13. The van der Waals surface area contributed by atoms with Crippen LogP contribution in [0.1, 0.15) is 46.5 Å². The number of carbonyl (C=O) groups excluding carboxylic acids is 1. The fourth-order valence-corrected chi connectivity index (χ4v) is 3.04. The zero-order chi connectivity index (χ0) is 12.5. The Morgan fingerprint density at radius 1 is 1.41 bits per heavy atom. The predicted molar refractivity (Wildman–Crippen MR) is 62.4 cm³/mol. The molecule has 0 amide bonds. The van der Waals surface area contributed by atoms with Gasteiger partial charge in [0.25, 0.3) is 0 Å². The fourth-order valence-electron chi connectivity index (χ4n) is 3.04. The van der Waals surface area contributed by atoms with Crippen LogP contribution in [0, 0.1) is 5.41 Å². The van der Waals surface area contributed by atoms with Gasteiger partial charge in [0.15, 0.2) is 11.9 Å². The Kier molecular flexibility index (Phi) is 3.46. The van der Waals surface area contributed by atoms with Crippen molar-refractivity contribution >= 4 is 5.97 Å². The Hall–Kier alpha value is -0.610. The van der Waals surface area contributed by atoms with Gasteiger partial charge < -0.3 is 14.2 Å². The van der Waals surface area contributed by atoms with Crippen LogP contribution in [0.4, 0.5) is 0 Å². The van der Waals surface area contributed by atoms with E-state index in [4.69, 9.17) is 14.2 Å². The average Bonchev–Trinajstić information content (AvgIpc) is 2.71. The normalized spacial score (nSPS) is 37.8. The van der Waals surface area contributed by atoms with Crippen molar-refractivity contribution in [2.75, 3.05) is 13.2 Å². The lowest BCUT2D eigenvalue weighted by atomic mass is 9.83. The molecule has 0 N–H and O–H groups in total. The van der Waals surface area contributed by atoms with Crippen molar-refractivity contribution in [1.29, 1.82) is 0 Å². The second-order valence-electron chi connectivity index (χ2n) is 5.28. The standard InChI is InChI=1S/C13H22O4/c1-4-15-11(14)10(2)17-13-7-5-6-12(13,3)8-9-16-13/h10H,4-9H2,1-3H3/t10?,12?,13-/m0/s1. The average molecular weight is 242 g/mol. The highest BCUT2D eigenvalue weighted by Gasteiger charge is 2.58. The van der Waals surface area contributed by atoms with Crippen molar-refractivity contribution in [2.24, 2.45) is 5.41 Å². The summed E-state index contributed by atoms with van der Waals surface area (Å²) >= 11 is 0. The molecule has 1 saturated heterocycles. The molecule has 1 aliphatic heterocycles. The number of hydrogen-bond donors (Lipinski definition) is 0. The molecule has 2 aliphatic rings. The molecule has 17 heavy (non-hydrogen) atoms. The van der Waals surface area contributed by atoms with E-state index >= 15 is 0 Å². The maximum Gasteiger partial charge on any atom is 0.335 e. The largest absolute Gasteiger partial charge is 0.464 e. The van der Waals surface area contributed by atoms with Crippen LogP contribution in [0.15, 0.2) is 0 Å². The van der Waals surface area contributed by atoms with Crippen molar-refractivity contribution in [3.63, 3.8) is 0 Å². The Morgan fingerprint density at radius 3 is 2.88 bits per heavy atom. The van der Waals surface area contributed by atoms with Gasteiger partial charge in [0.2, 0.25) is 0 Å². The molecule has 1 aliphatic carbocycles. The second-order valence-corrected chi connectivity index (χ2v) is 5.28. The molecule has 0 aromatic carbocycles. The molecule has 0 spiro atoms. The van der Waals surface area contributed by atoms with E-state index in [0.29, 0.717) is 6.61 Å². The Morgan fingerprint density at radius 2 is 2.18 bits per heavy atom. The van der Waals surface area contributed by atoms with Gasteiger partial charge in [0.05, 0.1) is 13.2 Å². The highest BCUT2D eigenvalue weighted by molar-refractivity contribution is 5.74. The van der Waals surface area contributed by atoms with Crippen molar-refractivity contribution in [2.45, 2.75) is 58.3 Å². The van der Waals surface area contributed by atoms with Gasteiger partial charge in [-0.05, 0) is 33.1 Å². The number of rotatable bonds is 4. The molecular formula is C13H22O4. The topological polar surface area (TPSA) is 44.8 Å². The van der Waals surface area contributed by atoms with Gasteiger partial charge in [0.1, 0.15) is 0 Å². The highest BCUT2D eigenvalue weighted by atomic mass is 16.7. The first-order valence-electron chi connectivity index (χ1n) is 6.51. The molecule has 4 nitrogen and oxygen atoms in total. The van der Waals surface area contributed by atoms with Crippen LogP contribution >= 0.6 is 0 Å². The summed E-state index contributed by atoms with van der Waals surface area (Å²) in [5.41, 5.74) is 0.0632. The summed E-state index contributed by atoms with van der Waals surface area (Å²) in [6.45, 7) is 6.86. The summed E-state index contributed by atoms with van der Waals surface area (Å²) in [7, 11) is 0. The maximum atomic E-state index is 11.6. The molecule has 1 saturated carbocycles. The van der Waals surface area contributed by atoms with Gasteiger partial charge in [0, 0.05) is 11.8 Å². The quantitative estimate of drug-likeness (QED) is 0.709. The summed E-state index contributed by atoms with van der Waals surface area (Å²) in [5, 5.41) is 0. The predicted octanol–water partition coefficient (Wildman–Crippen LogP) is 2.26. The first-order valence-corrected chi connectivity index (χ1v) is 6.51. The Balaban J connectivity index is 2.04. The molecule has 2 rings (SSSR count). The highest BCUT2D eigenvalue weighted by Crippen LogP contribution is 2.55. The van der Waals surface area contributed by atoms with Crippen LogP contribution < -0.4 is 0 Å². The van der Waals surface area contributed by atoms with Gasteiger partial charge in [-0.15, -0.1) is 0 Å². The summed E-state index contributed by atoms with van der Waals surface area (Å²) in [6, 6.07) is 0. The Bertz CT molecular complexity index is 290. The number of esters is 1. The third-order valence-corrected chi connectivity index (χ3v) is 4.13. The molecule has 98 valence electrons. The number of fused-ring (bicyclic) bond motifs is 1. The van der Waals surface area contributed by atoms with E-state index in [2.05, 4.69) is 6.92 Å².